The van der Waals surface area contributed by atoms with Gasteiger partial charge in [-0.1, -0.05) is 0 Å². The fourth-order valence-corrected chi connectivity index (χ4v) is 0.0729. The van der Waals surface area contributed by atoms with Crippen LogP contribution in [0.25, 0.3) is 0 Å². The molecule has 0 saturated heterocycles. The van der Waals surface area contributed by atoms with Gasteiger partial charge in [0.2, 0.25) is 0 Å². The Bertz CT molecular complexity index is 80.4. The van der Waals surface area contributed by atoms with Crippen LogP contribution >= 0.6 is 0 Å². The van der Waals surface area contributed by atoms with Crippen LogP contribution in [0.2, 0.25) is 0 Å². The fourth-order valence-electron chi connectivity index (χ4n) is 0.0177. The summed E-state index contributed by atoms with van der Waals surface area (Å²) in [6, 6.07) is 0. The van der Waals surface area contributed by atoms with Gasteiger partial charge in [-0.25, -0.2) is 0 Å². The number of hydrogen-bond acceptors (Lipinski definition) is 2. The van der Waals surface area contributed by atoms with E-state index in [1.165, 1.54) is 0 Å². The molecule has 0 unspecified atom stereocenters. The molecule has 0 heterocycles. The molecule has 8 heavy (non-hydrogen) atoms. The van der Waals surface area contributed by atoms with Crippen LogP contribution in [0.15, 0.2) is 0 Å². The summed E-state index contributed by atoms with van der Waals surface area (Å²) in [4.78, 5) is 3.31. The minimum absolute atomic E-state index is 0. The molecule has 0 aliphatic heterocycles. The normalized spacial score (nSPS) is 3.25. The van der Waals surface area contributed by atoms with Gasteiger partial charge in [-0.2, -0.15) is 0 Å². The van der Waals surface area contributed by atoms with Gasteiger partial charge < -0.3 is 16.4 Å². The topological polar surface area (TPSA) is 142 Å². The second-order valence-corrected chi connectivity index (χ2v) is 1.02. The van der Waals surface area contributed by atoms with Crippen LogP contribution in [0.3, 0.4) is 0 Å². The first kappa shape index (κ1) is 26.3. The third-order valence-electron chi connectivity index (χ3n) is 0.0791. The van der Waals surface area contributed by atoms with E-state index in [4.69, 9.17) is 10.5 Å². The number of nitriles is 2. The molecule has 0 spiro atoms. The Balaban J connectivity index is -0.0000000267. The van der Waals surface area contributed by atoms with Gasteiger partial charge in [0.15, 0.2) is 0 Å². The van der Waals surface area contributed by atoms with Crippen LogP contribution in [0.1, 0.15) is 0 Å². The summed E-state index contributed by atoms with van der Waals surface area (Å²) in [5, 5.41) is 15.2. The molecule has 0 saturated carbocycles. The maximum atomic E-state index is 7.59. The van der Waals surface area contributed by atoms with Crippen LogP contribution < -0.4 is 0 Å². The van der Waals surface area contributed by atoms with Gasteiger partial charge in [-0.05, 0) is 0 Å². The van der Waals surface area contributed by atoms with Crippen molar-refractivity contribution in [2.75, 3.05) is 0 Å². The molecule has 0 amide bonds. The molecule has 0 aromatic carbocycles. The van der Waals surface area contributed by atoms with E-state index in [1.54, 1.807) is 9.94 Å². The minimum Gasteiger partial charge on any atom is -0.412 e. The average molecular weight is 162 g/mol. The predicted molar refractivity (Wildman–Crippen MR) is 22.1 cm³/mol. The molecule has 0 bridgehead atoms. The van der Waals surface area contributed by atoms with Crippen molar-refractivity contribution >= 4 is 0 Å². The molecule has 0 radical (unpaired) electrons. The zero-order valence-electron chi connectivity index (χ0n) is 3.75. The molecule has 0 atom stereocenters. The molecule has 0 fully saturated rings. The predicted octanol–water partition coefficient (Wildman–Crippen LogP) is -2.44. The number of rotatable bonds is 0. The van der Waals surface area contributed by atoms with Crippen LogP contribution in [-0.2, 0) is 15.0 Å². The Labute approximate surface area is 52.6 Å². The second kappa shape index (κ2) is 32.6. The zero-order valence-corrected chi connectivity index (χ0v) is 4.85. The van der Waals surface area contributed by atoms with Gasteiger partial charge in [-0.3, -0.25) is 0 Å². The van der Waals surface area contributed by atoms with Gasteiger partial charge in [-0.15, -0.1) is 0 Å². The quantitative estimate of drug-likeness (QED) is 0.364. The summed E-state index contributed by atoms with van der Waals surface area (Å²) in [6.45, 7) is 0. The summed E-state index contributed by atoms with van der Waals surface area (Å²) in [5.41, 5.74) is 0. The van der Waals surface area contributed by atoms with Gasteiger partial charge in [0, 0.05) is 0 Å². The monoisotopic (exact) mass is 162 g/mol. The molecular weight excluding hydrogens is 156 g/mol. The number of hydrogen-bond donors (Lipinski definition) is 0. The Morgan fingerprint density at radius 3 is 1.12 bits per heavy atom. The first-order chi connectivity index (χ1) is 2.41. The Morgan fingerprint density at radius 1 is 0.875 bits per heavy atom. The van der Waals surface area contributed by atoms with Crippen LogP contribution in [-0.4, -0.2) is 16.4 Å². The van der Waals surface area contributed by atoms with Crippen molar-refractivity contribution in [1.82, 2.24) is 0 Å². The molecule has 6 heteroatoms. The summed E-state index contributed by atoms with van der Waals surface area (Å²) < 4.78 is 0. The Hall–Kier alpha value is -0.621. The van der Waals surface area contributed by atoms with Gasteiger partial charge in [0.1, 0.15) is 0 Å². The van der Waals surface area contributed by atoms with Gasteiger partial charge >= 0.3 is 35.4 Å². The SMILES string of the molecule is N#[C][Fe][C]#N.O.O.O. The van der Waals surface area contributed by atoms with Crippen LogP contribution in [0, 0.1) is 20.5 Å². The molecule has 0 rings (SSSR count). The van der Waals surface area contributed by atoms with E-state index in [2.05, 4.69) is 0 Å². The summed E-state index contributed by atoms with van der Waals surface area (Å²) in [5.74, 6) is 0. The number of nitrogens with zero attached hydrogens (tertiary/aromatic N) is 2. The zero-order chi connectivity index (χ0) is 4.12. The summed E-state index contributed by atoms with van der Waals surface area (Å²) in [6.07, 6.45) is 0. The van der Waals surface area contributed by atoms with Gasteiger partial charge in [0.05, 0.1) is 0 Å². The largest absolute Gasteiger partial charge is 0.412 e. The van der Waals surface area contributed by atoms with E-state index < -0.39 is 0 Å². The van der Waals surface area contributed by atoms with E-state index in [-0.39, 0.29) is 31.4 Å². The smallest absolute Gasteiger partial charge is 0.412 e. The maximum absolute atomic E-state index is 7.59. The maximum Gasteiger partial charge on any atom is -0.412 e. The molecule has 0 aliphatic carbocycles. The Kier molecular flexibility index (Phi) is 107. The van der Waals surface area contributed by atoms with Crippen molar-refractivity contribution in [3.05, 3.63) is 0 Å². The molecule has 0 aliphatic rings. The first-order valence-corrected chi connectivity index (χ1v) is 1.90. The van der Waals surface area contributed by atoms with Gasteiger partial charge in [0.25, 0.3) is 0 Å². The van der Waals surface area contributed by atoms with Crippen molar-refractivity contribution in [1.29, 1.82) is 10.5 Å². The molecule has 0 aromatic heterocycles. The third kappa shape index (κ3) is 54.2. The molecule has 50 valence electrons. The fraction of sp³-hybridized carbons (Fsp3) is 0. The van der Waals surface area contributed by atoms with E-state index in [0.29, 0.717) is 0 Å². The van der Waals surface area contributed by atoms with E-state index in [0.717, 1.165) is 0 Å². The molecule has 0 aromatic rings. The van der Waals surface area contributed by atoms with E-state index >= 15 is 0 Å². The first-order valence-electron chi connectivity index (χ1n) is 0.801. The second-order valence-electron chi connectivity index (χ2n) is 0.247. The average Bonchev–Trinajstić information content (AvgIpc) is 1.41. The molecular formula is C2H6FeN2O3. The van der Waals surface area contributed by atoms with Crippen LogP contribution in [0.5, 0.6) is 0 Å². The van der Waals surface area contributed by atoms with Crippen molar-refractivity contribution in [3.8, 4) is 9.94 Å². The van der Waals surface area contributed by atoms with E-state index in [9.17, 15) is 0 Å². The summed E-state index contributed by atoms with van der Waals surface area (Å²) >= 11 is 0. The standard InChI is InChI=1S/2CN.Fe.3H2O/c2*1-2;;;;/h;;;3*1H2. The molecule has 6 N–H and O–H groups in total. The van der Waals surface area contributed by atoms with E-state index in [1.807, 2.05) is 0 Å². The van der Waals surface area contributed by atoms with Crippen LogP contribution in [0.4, 0.5) is 0 Å². The van der Waals surface area contributed by atoms with Crippen molar-refractivity contribution < 1.29 is 31.4 Å². The third-order valence-corrected chi connectivity index (χ3v) is 0.326. The van der Waals surface area contributed by atoms with Crippen molar-refractivity contribution in [2.45, 2.75) is 0 Å². The molecule has 5 nitrogen and oxygen atoms in total. The summed E-state index contributed by atoms with van der Waals surface area (Å²) in [7, 11) is 0. The Morgan fingerprint density at radius 2 is 1.12 bits per heavy atom. The van der Waals surface area contributed by atoms with Crippen molar-refractivity contribution in [2.24, 2.45) is 0 Å². The van der Waals surface area contributed by atoms with Crippen molar-refractivity contribution in [3.63, 3.8) is 0 Å². The minimum atomic E-state index is 0.